The van der Waals surface area contributed by atoms with E-state index in [1.165, 1.54) is 18.2 Å². The second kappa shape index (κ2) is 6.20. The van der Waals surface area contributed by atoms with Crippen LogP contribution in [-0.4, -0.2) is 17.0 Å². The molecule has 106 valence electrons. The first-order chi connectivity index (χ1) is 10.0. The van der Waals surface area contributed by atoms with Gasteiger partial charge in [0.25, 0.3) is 5.69 Å². The molecule has 0 aliphatic rings. The second-order valence-corrected chi connectivity index (χ2v) is 4.78. The summed E-state index contributed by atoms with van der Waals surface area (Å²) in [6, 6.07) is 9.67. The molecule has 2 rings (SSSR count). The van der Waals surface area contributed by atoms with E-state index < -0.39 is 4.92 Å². The van der Waals surface area contributed by atoms with Crippen molar-refractivity contribution in [3.8, 4) is 6.07 Å². The predicted molar refractivity (Wildman–Crippen MR) is 79.2 cm³/mol. The van der Waals surface area contributed by atoms with Gasteiger partial charge in [-0.1, -0.05) is 11.6 Å². The molecule has 0 saturated heterocycles. The van der Waals surface area contributed by atoms with Crippen molar-refractivity contribution in [2.45, 2.75) is 6.54 Å². The monoisotopic (exact) mass is 302 g/mol. The zero-order chi connectivity index (χ0) is 15.4. The molecule has 0 aliphatic carbocycles. The molecule has 0 atom stereocenters. The van der Waals surface area contributed by atoms with Crippen LogP contribution in [0.3, 0.4) is 0 Å². The molecule has 0 N–H and O–H groups in total. The number of benzene rings is 1. The number of anilines is 1. The summed E-state index contributed by atoms with van der Waals surface area (Å²) < 4.78 is 0. The van der Waals surface area contributed by atoms with Gasteiger partial charge >= 0.3 is 0 Å². The number of halogens is 1. The summed E-state index contributed by atoms with van der Waals surface area (Å²) in [4.78, 5) is 16.2. The Labute approximate surface area is 126 Å². The molecule has 0 unspecified atom stereocenters. The number of rotatable bonds is 4. The standard InChI is InChI=1S/C14H11ClN4O2/c1-18(14-10(8-16)3-2-6-17-14)9-11-7-12(19(20)21)4-5-13(11)15/h2-7H,9H2,1H3. The molecule has 0 saturated carbocycles. The van der Waals surface area contributed by atoms with E-state index in [0.29, 0.717) is 28.5 Å². The summed E-state index contributed by atoms with van der Waals surface area (Å²) in [5.41, 5.74) is 1.01. The van der Waals surface area contributed by atoms with Crippen LogP contribution in [0.5, 0.6) is 0 Å². The van der Waals surface area contributed by atoms with Gasteiger partial charge < -0.3 is 4.90 Å². The van der Waals surface area contributed by atoms with Gasteiger partial charge in [-0.15, -0.1) is 0 Å². The Morgan fingerprint density at radius 2 is 2.24 bits per heavy atom. The Hall–Kier alpha value is -2.65. The fourth-order valence-electron chi connectivity index (χ4n) is 1.91. The Kier molecular flexibility index (Phi) is 4.36. The van der Waals surface area contributed by atoms with Crippen LogP contribution < -0.4 is 4.90 Å². The smallest absolute Gasteiger partial charge is 0.269 e. The van der Waals surface area contributed by atoms with E-state index in [2.05, 4.69) is 11.1 Å². The molecular formula is C14H11ClN4O2. The van der Waals surface area contributed by atoms with E-state index in [1.807, 2.05) is 0 Å². The summed E-state index contributed by atoms with van der Waals surface area (Å²) in [7, 11) is 1.75. The van der Waals surface area contributed by atoms with Gasteiger partial charge in [-0.25, -0.2) is 4.98 Å². The Bertz CT molecular complexity index is 727. The van der Waals surface area contributed by atoms with Crippen LogP contribution in [0.15, 0.2) is 36.5 Å². The highest BCUT2D eigenvalue weighted by Gasteiger charge is 2.14. The lowest BCUT2D eigenvalue weighted by Gasteiger charge is -2.19. The molecule has 2 aromatic rings. The number of nitro benzene ring substituents is 1. The van der Waals surface area contributed by atoms with Crippen molar-refractivity contribution in [2.24, 2.45) is 0 Å². The molecule has 0 amide bonds. The average Bonchev–Trinajstić information content (AvgIpc) is 2.49. The van der Waals surface area contributed by atoms with Gasteiger partial charge in [0.2, 0.25) is 0 Å². The lowest BCUT2D eigenvalue weighted by molar-refractivity contribution is -0.384. The molecule has 0 bridgehead atoms. The van der Waals surface area contributed by atoms with Gasteiger partial charge in [-0.05, 0) is 23.8 Å². The Morgan fingerprint density at radius 1 is 1.48 bits per heavy atom. The number of nitriles is 1. The van der Waals surface area contributed by atoms with Crippen LogP contribution in [-0.2, 0) is 6.54 Å². The maximum Gasteiger partial charge on any atom is 0.269 e. The minimum absolute atomic E-state index is 0.0238. The Balaban J connectivity index is 2.31. The lowest BCUT2D eigenvalue weighted by Crippen LogP contribution is -2.19. The van der Waals surface area contributed by atoms with Crippen molar-refractivity contribution in [1.29, 1.82) is 5.26 Å². The van der Waals surface area contributed by atoms with Crippen molar-refractivity contribution in [3.63, 3.8) is 0 Å². The number of hydrogen-bond acceptors (Lipinski definition) is 5. The fourth-order valence-corrected chi connectivity index (χ4v) is 2.09. The number of pyridine rings is 1. The zero-order valence-electron chi connectivity index (χ0n) is 11.2. The largest absolute Gasteiger partial charge is 0.354 e. The Morgan fingerprint density at radius 3 is 2.90 bits per heavy atom. The highest BCUT2D eigenvalue weighted by molar-refractivity contribution is 6.31. The summed E-state index contributed by atoms with van der Waals surface area (Å²) in [5, 5.41) is 20.3. The summed E-state index contributed by atoms with van der Waals surface area (Å²) in [5.74, 6) is 0.502. The minimum atomic E-state index is -0.471. The van der Waals surface area contributed by atoms with Gasteiger partial charge in [-0.2, -0.15) is 5.26 Å². The minimum Gasteiger partial charge on any atom is -0.354 e. The average molecular weight is 303 g/mol. The normalized spacial score (nSPS) is 9.95. The third-order valence-electron chi connectivity index (χ3n) is 2.92. The SMILES string of the molecule is CN(Cc1cc([N+](=O)[O-])ccc1Cl)c1ncccc1C#N. The van der Waals surface area contributed by atoms with Crippen molar-refractivity contribution < 1.29 is 4.92 Å². The molecule has 0 spiro atoms. The van der Waals surface area contributed by atoms with Crippen molar-refractivity contribution in [1.82, 2.24) is 4.98 Å². The number of aromatic nitrogens is 1. The molecule has 0 fully saturated rings. The van der Waals surface area contributed by atoms with Gasteiger partial charge in [0.15, 0.2) is 0 Å². The molecule has 0 aliphatic heterocycles. The van der Waals surface area contributed by atoms with Gasteiger partial charge in [0.1, 0.15) is 11.9 Å². The number of nitrogens with zero attached hydrogens (tertiary/aromatic N) is 4. The second-order valence-electron chi connectivity index (χ2n) is 4.38. The molecule has 7 heteroatoms. The van der Waals surface area contributed by atoms with E-state index >= 15 is 0 Å². The van der Waals surface area contributed by atoms with Gasteiger partial charge in [-0.3, -0.25) is 10.1 Å². The first kappa shape index (κ1) is 14.8. The molecule has 1 aromatic carbocycles. The highest BCUT2D eigenvalue weighted by atomic mass is 35.5. The predicted octanol–water partition coefficient (Wildman–Crippen LogP) is 3.15. The van der Waals surface area contributed by atoms with Crippen LogP contribution in [0.1, 0.15) is 11.1 Å². The summed E-state index contributed by atoms with van der Waals surface area (Å²) in [6.07, 6.45) is 1.59. The van der Waals surface area contributed by atoms with Gasteiger partial charge in [0.05, 0.1) is 10.5 Å². The maximum atomic E-state index is 10.8. The third kappa shape index (κ3) is 3.27. The summed E-state index contributed by atoms with van der Waals surface area (Å²) in [6.45, 7) is 0.312. The number of hydrogen-bond donors (Lipinski definition) is 0. The van der Waals surface area contributed by atoms with E-state index in [4.69, 9.17) is 16.9 Å². The number of non-ortho nitro benzene ring substituents is 1. The topological polar surface area (TPSA) is 83.1 Å². The maximum absolute atomic E-state index is 10.8. The molecule has 21 heavy (non-hydrogen) atoms. The highest BCUT2D eigenvalue weighted by Crippen LogP contribution is 2.25. The lowest BCUT2D eigenvalue weighted by atomic mass is 10.2. The van der Waals surface area contributed by atoms with Crippen LogP contribution >= 0.6 is 11.6 Å². The molecule has 0 radical (unpaired) electrons. The van der Waals surface area contributed by atoms with Crippen molar-refractivity contribution >= 4 is 23.1 Å². The van der Waals surface area contributed by atoms with E-state index in [0.717, 1.165) is 0 Å². The zero-order valence-corrected chi connectivity index (χ0v) is 11.9. The summed E-state index contributed by atoms with van der Waals surface area (Å²) >= 11 is 6.07. The quantitative estimate of drug-likeness (QED) is 0.640. The van der Waals surface area contributed by atoms with Crippen LogP contribution in [0.4, 0.5) is 11.5 Å². The van der Waals surface area contributed by atoms with E-state index in [9.17, 15) is 10.1 Å². The van der Waals surface area contributed by atoms with Crippen molar-refractivity contribution in [3.05, 3.63) is 62.8 Å². The first-order valence-electron chi connectivity index (χ1n) is 6.02. The number of nitro groups is 1. The van der Waals surface area contributed by atoms with Crippen LogP contribution in [0, 0.1) is 21.4 Å². The molecule has 1 aromatic heterocycles. The molecular weight excluding hydrogens is 292 g/mol. The van der Waals surface area contributed by atoms with E-state index in [1.54, 1.807) is 30.3 Å². The van der Waals surface area contributed by atoms with Crippen LogP contribution in [0.25, 0.3) is 0 Å². The van der Waals surface area contributed by atoms with Crippen LogP contribution in [0.2, 0.25) is 5.02 Å². The van der Waals surface area contributed by atoms with Gasteiger partial charge in [0, 0.05) is 36.9 Å². The van der Waals surface area contributed by atoms with Crippen molar-refractivity contribution in [2.75, 3.05) is 11.9 Å². The fraction of sp³-hybridized carbons (Fsp3) is 0.143. The molecule has 6 nitrogen and oxygen atoms in total. The first-order valence-corrected chi connectivity index (χ1v) is 6.40. The molecule has 1 heterocycles. The third-order valence-corrected chi connectivity index (χ3v) is 3.29. The van der Waals surface area contributed by atoms with E-state index in [-0.39, 0.29) is 5.69 Å².